The van der Waals surface area contributed by atoms with Gasteiger partial charge in [-0.3, -0.25) is 9.36 Å². The van der Waals surface area contributed by atoms with Gasteiger partial charge in [-0.1, -0.05) is 50.5 Å². The summed E-state index contributed by atoms with van der Waals surface area (Å²) in [6, 6.07) is 19.2. The lowest BCUT2D eigenvalue weighted by atomic mass is 9.95. The third-order valence-corrected chi connectivity index (χ3v) is 7.39. The highest BCUT2D eigenvalue weighted by Crippen LogP contribution is 2.32. The molecule has 0 radical (unpaired) electrons. The van der Waals surface area contributed by atoms with E-state index in [-0.39, 0.29) is 17.4 Å². The molecule has 1 saturated carbocycles. The van der Waals surface area contributed by atoms with Gasteiger partial charge in [0.25, 0.3) is 0 Å². The summed E-state index contributed by atoms with van der Waals surface area (Å²) >= 11 is 0. The standard InChI is InChI=1S/C31H33N3O3/c1-3-4-13-29-33-27-17-14-22(32-30(35)21-9-5-6-10-21)19-28(27)34(29)23-15-16-24(20(2)18-23)25-11-7-8-12-26(25)31(36)37/h7-8,11-12,14-19,21H,3-6,9-10,13H2,1-2H3,(H,32,35)(H,36,37). The Morgan fingerprint density at radius 2 is 1.81 bits per heavy atom. The van der Waals surface area contributed by atoms with Crippen LogP contribution < -0.4 is 5.32 Å². The van der Waals surface area contributed by atoms with Crippen molar-refractivity contribution in [2.45, 2.75) is 58.8 Å². The summed E-state index contributed by atoms with van der Waals surface area (Å²) < 4.78 is 2.18. The van der Waals surface area contributed by atoms with Crippen LogP contribution in [0.25, 0.3) is 27.8 Å². The highest BCUT2D eigenvalue weighted by molar-refractivity contribution is 5.97. The lowest BCUT2D eigenvalue weighted by Crippen LogP contribution is -2.20. The number of hydrogen-bond donors (Lipinski definition) is 2. The summed E-state index contributed by atoms with van der Waals surface area (Å²) in [5, 5.41) is 12.8. The summed E-state index contributed by atoms with van der Waals surface area (Å²) in [6.45, 7) is 4.18. The molecular formula is C31H33N3O3. The number of nitrogens with one attached hydrogen (secondary N) is 1. The average molecular weight is 496 g/mol. The summed E-state index contributed by atoms with van der Waals surface area (Å²) in [5.74, 6) is 0.249. The van der Waals surface area contributed by atoms with E-state index in [1.54, 1.807) is 12.1 Å². The molecule has 0 saturated heterocycles. The quantitative estimate of drug-likeness (QED) is 0.271. The molecule has 1 aliphatic carbocycles. The number of unbranched alkanes of at least 4 members (excludes halogenated alkanes) is 1. The van der Waals surface area contributed by atoms with Crippen LogP contribution in [-0.4, -0.2) is 26.5 Å². The number of aryl methyl sites for hydroxylation is 2. The van der Waals surface area contributed by atoms with Crippen molar-refractivity contribution >= 4 is 28.6 Å². The first-order chi connectivity index (χ1) is 18.0. The second-order valence-electron chi connectivity index (χ2n) is 9.99. The van der Waals surface area contributed by atoms with Crippen LogP contribution >= 0.6 is 0 Å². The fraction of sp³-hybridized carbons (Fsp3) is 0.323. The van der Waals surface area contributed by atoms with Crippen molar-refractivity contribution in [1.29, 1.82) is 0 Å². The van der Waals surface area contributed by atoms with Crippen molar-refractivity contribution in [1.82, 2.24) is 9.55 Å². The number of nitrogens with zero attached hydrogens (tertiary/aromatic N) is 2. The van der Waals surface area contributed by atoms with Crippen molar-refractivity contribution < 1.29 is 14.7 Å². The SMILES string of the molecule is CCCCc1nc2ccc(NC(=O)C3CCCC3)cc2n1-c1ccc(-c2ccccc2C(=O)O)c(C)c1. The Bertz CT molecular complexity index is 1460. The van der Waals surface area contributed by atoms with E-state index >= 15 is 0 Å². The molecule has 5 rings (SSSR count). The second-order valence-corrected chi connectivity index (χ2v) is 9.99. The second kappa shape index (κ2) is 10.6. The Hall–Kier alpha value is -3.93. The maximum Gasteiger partial charge on any atom is 0.336 e. The van der Waals surface area contributed by atoms with Gasteiger partial charge in [0.15, 0.2) is 0 Å². The molecule has 6 nitrogen and oxygen atoms in total. The van der Waals surface area contributed by atoms with E-state index < -0.39 is 5.97 Å². The van der Waals surface area contributed by atoms with Gasteiger partial charge in [0.1, 0.15) is 5.82 Å². The molecule has 1 aromatic heterocycles. The van der Waals surface area contributed by atoms with Crippen LogP contribution in [0.3, 0.4) is 0 Å². The number of aromatic nitrogens is 2. The molecule has 1 fully saturated rings. The minimum atomic E-state index is -0.936. The molecule has 1 amide bonds. The topological polar surface area (TPSA) is 84.2 Å². The Balaban J connectivity index is 1.56. The van der Waals surface area contributed by atoms with Crippen molar-refractivity contribution in [2.75, 3.05) is 5.32 Å². The van der Waals surface area contributed by atoms with E-state index in [9.17, 15) is 14.7 Å². The molecule has 4 aromatic rings. The number of fused-ring (bicyclic) bond motifs is 1. The number of carboxylic acid groups (broad SMARTS) is 1. The van der Waals surface area contributed by atoms with E-state index in [2.05, 4.69) is 22.9 Å². The fourth-order valence-electron chi connectivity index (χ4n) is 5.42. The van der Waals surface area contributed by atoms with Gasteiger partial charge in [-0.15, -0.1) is 0 Å². The third-order valence-electron chi connectivity index (χ3n) is 7.39. The van der Waals surface area contributed by atoms with Crippen LogP contribution in [-0.2, 0) is 11.2 Å². The van der Waals surface area contributed by atoms with Gasteiger partial charge in [-0.25, -0.2) is 9.78 Å². The van der Waals surface area contributed by atoms with Gasteiger partial charge >= 0.3 is 5.97 Å². The van der Waals surface area contributed by atoms with Crippen LogP contribution in [0.1, 0.15) is 67.2 Å². The number of benzene rings is 3. The molecule has 1 heterocycles. The van der Waals surface area contributed by atoms with Gasteiger partial charge in [-0.2, -0.15) is 0 Å². The number of imidazole rings is 1. The maximum absolute atomic E-state index is 12.8. The predicted molar refractivity (Wildman–Crippen MR) is 147 cm³/mol. The molecule has 0 spiro atoms. The molecule has 2 N–H and O–H groups in total. The van der Waals surface area contributed by atoms with E-state index in [0.29, 0.717) is 5.56 Å². The van der Waals surface area contributed by atoms with E-state index in [0.717, 1.165) is 84.3 Å². The van der Waals surface area contributed by atoms with Crippen LogP contribution in [0.15, 0.2) is 60.7 Å². The lowest BCUT2D eigenvalue weighted by Gasteiger charge is -2.15. The lowest BCUT2D eigenvalue weighted by molar-refractivity contribution is -0.119. The molecule has 0 aliphatic heterocycles. The fourth-order valence-corrected chi connectivity index (χ4v) is 5.42. The molecule has 0 unspecified atom stereocenters. The largest absolute Gasteiger partial charge is 0.478 e. The number of hydrogen-bond acceptors (Lipinski definition) is 3. The Morgan fingerprint density at radius 3 is 2.54 bits per heavy atom. The van der Waals surface area contributed by atoms with E-state index in [1.165, 1.54) is 0 Å². The zero-order valence-corrected chi connectivity index (χ0v) is 21.5. The maximum atomic E-state index is 12.8. The molecule has 0 atom stereocenters. The molecule has 1 aliphatic rings. The van der Waals surface area contributed by atoms with E-state index in [4.69, 9.17) is 4.98 Å². The summed E-state index contributed by atoms with van der Waals surface area (Å²) in [4.78, 5) is 29.5. The minimum Gasteiger partial charge on any atom is -0.478 e. The zero-order chi connectivity index (χ0) is 25.9. The Kier molecular flexibility index (Phi) is 7.08. The average Bonchev–Trinajstić information content (AvgIpc) is 3.55. The van der Waals surface area contributed by atoms with Crippen molar-refractivity contribution in [3.8, 4) is 16.8 Å². The number of carboxylic acids is 1. The van der Waals surface area contributed by atoms with Gasteiger partial charge in [0.05, 0.1) is 16.6 Å². The normalized spacial score (nSPS) is 13.8. The number of amides is 1. The monoisotopic (exact) mass is 495 g/mol. The minimum absolute atomic E-state index is 0.101. The van der Waals surface area contributed by atoms with Gasteiger partial charge in [-0.05, 0) is 79.3 Å². The highest BCUT2D eigenvalue weighted by Gasteiger charge is 2.23. The first-order valence-corrected chi connectivity index (χ1v) is 13.2. The molecule has 0 bridgehead atoms. The molecule has 37 heavy (non-hydrogen) atoms. The Morgan fingerprint density at radius 1 is 1.03 bits per heavy atom. The summed E-state index contributed by atoms with van der Waals surface area (Å²) in [5.41, 5.74) is 6.48. The first kappa shape index (κ1) is 24.8. The van der Waals surface area contributed by atoms with Gasteiger partial charge in [0.2, 0.25) is 5.91 Å². The third kappa shape index (κ3) is 5.01. The highest BCUT2D eigenvalue weighted by atomic mass is 16.4. The smallest absolute Gasteiger partial charge is 0.336 e. The summed E-state index contributed by atoms with van der Waals surface area (Å²) in [7, 11) is 0. The van der Waals surface area contributed by atoms with Crippen LogP contribution in [0.4, 0.5) is 5.69 Å². The van der Waals surface area contributed by atoms with Crippen LogP contribution in [0.5, 0.6) is 0 Å². The zero-order valence-electron chi connectivity index (χ0n) is 21.5. The Labute approximate surface area is 217 Å². The van der Waals surface area contributed by atoms with Crippen LogP contribution in [0.2, 0.25) is 0 Å². The predicted octanol–water partition coefficient (Wildman–Crippen LogP) is 7.17. The van der Waals surface area contributed by atoms with Crippen molar-refractivity contribution in [3.05, 3.63) is 77.6 Å². The number of carbonyl (C=O) groups is 2. The van der Waals surface area contributed by atoms with Crippen molar-refractivity contribution in [3.63, 3.8) is 0 Å². The van der Waals surface area contributed by atoms with Crippen LogP contribution in [0, 0.1) is 12.8 Å². The van der Waals surface area contributed by atoms with Crippen molar-refractivity contribution in [2.24, 2.45) is 5.92 Å². The van der Waals surface area contributed by atoms with Gasteiger partial charge in [0, 0.05) is 23.7 Å². The summed E-state index contributed by atoms with van der Waals surface area (Å²) in [6.07, 6.45) is 7.10. The van der Waals surface area contributed by atoms with E-state index in [1.807, 2.05) is 49.4 Å². The molecule has 6 heteroatoms. The number of rotatable bonds is 8. The first-order valence-electron chi connectivity index (χ1n) is 13.2. The van der Waals surface area contributed by atoms with Gasteiger partial charge < -0.3 is 10.4 Å². The molecule has 3 aromatic carbocycles. The molecule has 190 valence electrons. The molecular weight excluding hydrogens is 462 g/mol. The number of carbonyl (C=O) groups excluding carboxylic acids is 1. The number of anilines is 1. The number of aromatic carboxylic acids is 1.